The first-order chi connectivity index (χ1) is 10.7. The largest absolute Gasteiger partial charge is 0.327 e. The van der Waals surface area contributed by atoms with E-state index in [1.54, 1.807) is 6.20 Å². The number of halogens is 2. The Morgan fingerprint density at radius 3 is 2.50 bits per heavy atom. The van der Waals surface area contributed by atoms with Crippen LogP contribution >= 0.6 is 27.5 Å². The number of rotatable bonds is 4. The van der Waals surface area contributed by atoms with Crippen molar-refractivity contribution in [3.05, 3.63) is 75.5 Å². The van der Waals surface area contributed by atoms with Crippen molar-refractivity contribution in [1.29, 1.82) is 0 Å². The Labute approximate surface area is 142 Å². The van der Waals surface area contributed by atoms with E-state index in [0.717, 1.165) is 28.0 Å². The zero-order valence-electron chi connectivity index (χ0n) is 11.8. The lowest BCUT2D eigenvalue weighted by atomic mass is 10.1. The number of aromatic nitrogens is 2. The van der Waals surface area contributed by atoms with E-state index in [1.807, 2.05) is 24.4 Å². The Morgan fingerprint density at radius 1 is 1.09 bits per heavy atom. The SMILES string of the molecule is NCc1ccc(Cn2ccnc2-c2cc(Cl)cc(Br)c2)cc1. The van der Waals surface area contributed by atoms with Crippen LogP contribution in [0.25, 0.3) is 11.4 Å². The number of hydrogen-bond acceptors (Lipinski definition) is 2. The van der Waals surface area contributed by atoms with Crippen LogP contribution in [-0.4, -0.2) is 9.55 Å². The van der Waals surface area contributed by atoms with E-state index in [2.05, 4.69) is 49.7 Å². The smallest absolute Gasteiger partial charge is 0.140 e. The van der Waals surface area contributed by atoms with Crippen LogP contribution in [0.15, 0.2) is 59.3 Å². The van der Waals surface area contributed by atoms with Crippen LogP contribution in [-0.2, 0) is 13.1 Å². The molecule has 112 valence electrons. The summed E-state index contributed by atoms with van der Waals surface area (Å²) >= 11 is 9.61. The van der Waals surface area contributed by atoms with Crippen LogP contribution in [0.5, 0.6) is 0 Å². The predicted octanol–water partition coefficient (Wildman–Crippen LogP) is 4.47. The van der Waals surface area contributed by atoms with E-state index in [1.165, 1.54) is 5.56 Å². The second-order valence-corrected chi connectivity index (χ2v) is 6.41. The maximum Gasteiger partial charge on any atom is 0.140 e. The highest BCUT2D eigenvalue weighted by Crippen LogP contribution is 2.27. The average molecular weight is 377 g/mol. The third-order valence-corrected chi connectivity index (χ3v) is 4.12. The van der Waals surface area contributed by atoms with Gasteiger partial charge in [0.2, 0.25) is 0 Å². The first kappa shape index (κ1) is 15.3. The number of hydrogen-bond donors (Lipinski definition) is 1. The van der Waals surface area contributed by atoms with Crippen LogP contribution < -0.4 is 5.73 Å². The third-order valence-electron chi connectivity index (χ3n) is 3.45. The number of nitrogens with zero attached hydrogens (tertiary/aromatic N) is 2. The molecule has 0 radical (unpaired) electrons. The second-order valence-electron chi connectivity index (χ2n) is 5.06. The van der Waals surface area contributed by atoms with Crippen molar-refractivity contribution in [3.63, 3.8) is 0 Å². The van der Waals surface area contributed by atoms with Gasteiger partial charge < -0.3 is 10.3 Å². The fourth-order valence-electron chi connectivity index (χ4n) is 2.36. The van der Waals surface area contributed by atoms with Crippen LogP contribution in [0.4, 0.5) is 0 Å². The molecule has 2 aromatic carbocycles. The molecule has 3 rings (SSSR count). The Hall–Kier alpha value is -1.62. The Balaban J connectivity index is 1.91. The molecular weight excluding hydrogens is 362 g/mol. The number of benzene rings is 2. The lowest BCUT2D eigenvalue weighted by Gasteiger charge is -2.09. The Bertz CT molecular complexity index is 761. The van der Waals surface area contributed by atoms with Crippen molar-refractivity contribution in [2.45, 2.75) is 13.1 Å². The molecule has 1 heterocycles. The highest BCUT2D eigenvalue weighted by molar-refractivity contribution is 9.10. The van der Waals surface area contributed by atoms with E-state index in [9.17, 15) is 0 Å². The van der Waals surface area contributed by atoms with Crippen LogP contribution in [0, 0.1) is 0 Å². The number of imidazole rings is 1. The van der Waals surface area contributed by atoms with Crippen molar-refractivity contribution in [2.24, 2.45) is 5.73 Å². The molecular formula is C17H15BrClN3. The molecule has 2 N–H and O–H groups in total. The van der Waals surface area contributed by atoms with Gasteiger partial charge in [0, 0.05) is 40.5 Å². The molecule has 0 aliphatic heterocycles. The summed E-state index contributed by atoms with van der Waals surface area (Å²) in [5.74, 6) is 0.895. The van der Waals surface area contributed by atoms with Gasteiger partial charge in [0.15, 0.2) is 0 Å². The molecule has 3 aromatic rings. The maximum atomic E-state index is 6.13. The molecule has 0 saturated carbocycles. The van der Waals surface area contributed by atoms with E-state index >= 15 is 0 Å². The van der Waals surface area contributed by atoms with Gasteiger partial charge in [-0.2, -0.15) is 0 Å². The van der Waals surface area contributed by atoms with Crippen LogP contribution in [0.1, 0.15) is 11.1 Å². The van der Waals surface area contributed by atoms with Gasteiger partial charge in [0.25, 0.3) is 0 Å². The summed E-state index contributed by atoms with van der Waals surface area (Å²) in [7, 11) is 0. The topological polar surface area (TPSA) is 43.8 Å². The standard InChI is InChI=1S/C17H15BrClN3/c18-15-7-14(8-16(19)9-15)17-21-5-6-22(17)11-13-3-1-12(10-20)2-4-13/h1-9H,10-11,20H2. The summed E-state index contributed by atoms with van der Waals surface area (Å²) in [6, 6.07) is 14.1. The normalized spacial score (nSPS) is 10.9. The zero-order valence-corrected chi connectivity index (χ0v) is 14.2. The molecule has 0 fully saturated rings. The van der Waals surface area contributed by atoms with Gasteiger partial charge in [-0.25, -0.2) is 4.98 Å². The first-order valence-corrected chi connectivity index (χ1v) is 8.08. The van der Waals surface area contributed by atoms with Crippen molar-refractivity contribution in [3.8, 4) is 11.4 Å². The van der Waals surface area contributed by atoms with Crippen molar-refractivity contribution >= 4 is 27.5 Å². The van der Waals surface area contributed by atoms with Crippen molar-refractivity contribution < 1.29 is 0 Å². The molecule has 0 amide bonds. The molecule has 0 aliphatic carbocycles. The minimum Gasteiger partial charge on any atom is -0.327 e. The monoisotopic (exact) mass is 375 g/mol. The lowest BCUT2D eigenvalue weighted by Crippen LogP contribution is -2.02. The summed E-state index contributed by atoms with van der Waals surface area (Å²) in [5, 5.41) is 0.686. The quantitative estimate of drug-likeness (QED) is 0.730. The van der Waals surface area contributed by atoms with Crippen molar-refractivity contribution in [1.82, 2.24) is 9.55 Å². The molecule has 1 aromatic heterocycles. The minimum atomic E-state index is 0.563. The van der Waals surface area contributed by atoms with E-state index in [0.29, 0.717) is 11.6 Å². The lowest BCUT2D eigenvalue weighted by molar-refractivity contribution is 0.806. The summed E-state index contributed by atoms with van der Waals surface area (Å²) in [4.78, 5) is 4.46. The Morgan fingerprint density at radius 2 is 1.82 bits per heavy atom. The molecule has 0 atom stereocenters. The van der Waals surface area contributed by atoms with Gasteiger partial charge in [-0.05, 0) is 29.3 Å². The highest BCUT2D eigenvalue weighted by Gasteiger charge is 2.08. The molecule has 22 heavy (non-hydrogen) atoms. The first-order valence-electron chi connectivity index (χ1n) is 6.91. The van der Waals surface area contributed by atoms with E-state index in [-0.39, 0.29) is 0 Å². The Kier molecular flexibility index (Phi) is 4.62. The fraction of sp³-hybridized carbons (Fsp3) is 0.118. The third kappa shape index (κ3) is 3.40. The van der Waals surface area contributed by atoms with Gasteiger partial charge in [-0.3, -0.25) is 0 Å². The molecule has 5 heteroatoms. The zero-order chi connectivity index (χ0) is 15.5. The van der Waals surface area contributed by atoms with Gasteiger partial charge >= 0.3 is 0 Å². The molecule has 3 nitrogen and oxygen atoms in total. The number of nitrogens with two attached hydrogens (primary N) is 1. The molecule has 0 aliphatic rings. The van der Waals surface area contributed by atoms with E-state index < -0.39 is 0 Å². The average Bonchev–Trinajstić information content (AvgIpc) is 2.95. The molecule has 0 saturated heterocycles. The summed E-state index contributed by atoms with van der Waals surface area (Å²) < 4.78 is 3.05. The fourth-order valence-corrected chi connectivity index (χ4v) is 3.22. The van der Waals surface area contributed by atoms with Gasteiger partial charge in [0.05, 0.1) is 0 Å². The summed E-state index contributed by atoms with van der Waals surface area (Å²) in [6.45, 7) is 1.32. The molecule has 0 bridgehead atoms. The highest BCUT2D eigenvalue weighted by atomic mass is 79.9. The van der Waals surface area contributed by atoms with Gasteiger partial charge in [-0.1, -0.05) is 51.8 Å². The predicted molar refractivity (Wildman–Crippen MR) is 93.8 cm³/mol. The van der Waals surface area contributed by atoms with Gasteiger partial charge in [0.1, 0.15) is 5.82 Å². The second kappa shape index (κ2) is 6.65. The van der Waals surface area contributed by atoms with Gasteiger partial charge in [-0.15, -0.1) is 0 Å². The minimum absolute atomic E-state index is 0.563. The van der Waals surface area contributed by atoms with E-state index in [4.69, 9.17) is 17.3 Å². The van der Waals surface area contributed by atoms with Crippen molar-refractivity contribution in [2.75, 3.05) is 0 Å². The molecule has 0 spiro atoms. The summed E-state index contributed by atoms with van der Waals surface area (Å²) in [5.41, 5.74) is 8.96. The van der Waals surface area contributed by atoms with Crippen LogP contribution in [0.3, 0.4) is 0 Å². The molecule has 0 unspecified atom stereocenters. The van der Waals surface area contributed by atoms with Crippen LogP contribution in [0.2, 0.25) is 5.02 Å². The summed E-state index contributed by atoms with van der Waals surface area (Å²) in [6.07, 6.45) is 3.78. The maximum absolute atomic E-state index is 6.13.